The smallest absolute Gasteiger partial charge is 0.243 e. The summed E-state index contributed by atoms with van der Waals surface area (Å²) in [6, 6.07) is 13.7. The second-order valence-corrected chi connectivity index (χ2v) is 8.88. The van der Waals surface area contributed by atoms with Crippen LogP contribution in [0.5, 0.6) is 0 Å². The van der Waals surface area contributed by atoms with E-state index in [2.05, 4.69) is 0 Å². The Labute approximate surface area is 151 Å². The molecule has 1 unspecified atom stereocenters. The Hall–Kier alpha value is -1.89. The molecule has 1 amide bonds. The molecule has 4 rings (SSSR count). The number of para-hydroxylation sites is 1. The van der Waals surface area contributed by atoms with Crippen LogP contribution in [0.4, 0.5) is 5.69 Å². The van der Waals surface area contributed by atoms with Gasteiger partial charge < -0.3 is 4.90 Å². The maximum absolute atomic E-state index is 12.9. The van der Waals surface area contributed by atoms with E-state index in [4.69, 9.17) is 11.6 Å². The van der Waals surface area contributed by atoms with Crippen molar-refractivity contribution in [3.8, 4) is 0 Å². The number of fused-ring (bicyclic) bond motifs is 2. The summed E-state index contributed by atoms with van der Waals surface area (Å²) in [5.41, 5.74) is 0.986. The van der Waals surface area contributed by atoms with Crippen LogP contribution >= 0.6 is 11.6 Å². The van der Waals surface area contributed by atoms with Crippen LogP contribution in [-0.4, -0.2) is 38.8 Å². The largest absolute Gasteiger partial charge is 0.314 e. The number of halogens is 1. The first kappa shape index (κ1) is 16.6. The fraction of sp³-hybridized carbons (Fsp3) is 0.278. The lowest BCUT2D eigenvalue weighted by molar-refractivity contribution is -0.122. The van der Waals surface area contributed by atoms with Gasteiger partial charge in [0.05, 0.1) is 10.3 Å². The van der Waals surface area contributed by atoms with Crippen LogP contribution in [0, 0.1) is 0 Å². The van der Waals surface area contributed by atoms with Crippen molar-refractivity contribution in [3.05, 3.63) is 59.1 Å². The summed E-state index contributed by atoms with van der Waals surface area (Å²) in [6.45, 7) is 0.483. The average Bonchev–Trinajstić information content (AvgIpc) is 3.15. The van der Waals surface area contributed by atoms with Crippen LogP contribution in [-0.2, 0) is 20.2 Å². The van der Waals surface area contributed by atoms with E-state index in [1.165, 1.54) is 16.4 Å². The number of carbonyl (C=O) groups excluding carboxylic acids is 1. The number of benzene rings is 2. The van der Waals surface area contributed by atoms with Crippen molar-refractivity contribution in [1.82, 2.24) is 4.31 Å². The number of sulfonamides is 1. The molecule has 1 atom stereocenters. The van der Waals surface area contributed by atoms with E-state index in [0.29, 0.717) is 18.0 Å². The highest BCUT2D eigenvalue weighted by Gasteiger charge is 2.55. The van der Waals surface area contributed by atoms with E-state index in [1.54, 1.807) is 24.1 Å². The normalized spacial score (nSPS) is 23.4. The summed E-state index contributed by atoms with van der Waals surface area (Å²) >= 11 is 5.85. The number of nitrogens with zero attached hydrogens (tertiary/aromatic N) is 2. The molecular formula is C18H17ClN2O3S. The molecule has 5 nitrogen and oxygen atoms in total. The van der Waals surface area contributed by atoms with Gasteiger partial charge in [0.15, 0.2) is 0 Å². The van der Waals surface area contributed by atoms with Crippen LogP contribution < -0.4 is 4.90 Å². The number of amides is 1. The lowest BCUT2D eigenvalue weighted by Gasteiger charge is -2.23. The van der Waals surface area contributed by atoms with Crippen LogP contribution in [0.2, 0.25) is 5.02 Å². The van der Waals surface area contributed by atoms with Crippen LogP contribution in [0.1, 0.15) is 12.0 Å². The Bertz CT molecular complexity index is 959. The zero-order valence-corrected chi connectivity index (χ0v) is 15.2. The molecule has 0 N–H and O–H groups in total. The molecule has 2 heterocycles. The Balaban J connectivity index is 1.72. The summed E-state index contributed by atoms with van der Waals surface area (Å²) in [5.74, 6) is -0.0393. The SMILES string of the molecule is CN1C(=O)C2(CCN(S(=O)(=O)c3ccc(Cl)cc3)C2)c2ccccc21. The highest BCUT2D eigenvalue weighted by Crippen LogP contribution is 2.47. The van der Waals surface area contributed by atoms with Gasteiger partial charge in [-0.05, 0) is 42.3 Å². The number of likely N-dealkylation sites (N-methyl/N-ethyl adjacent to an activating group) is 1. The van der Waals surface area contributed by atoms with Gasteiger partial charge in [-0.15, -0.1) is 0 Å². The van der Waals surface area contributed by atoms with Gasteiger partial charge in [-0.1, -0.05) is 29.8 Å². The van der Waals surface area contributed by atoms with Gasteiger partial charge in [0.2, 0.25) is 15.9 Å². The Morgan fingerprint density at radius 2 is 1.76 bits per heavy atom. The average molecular weight is 377 g/mol. The second-order valence-electron chi connectivity index (χ2n) is 6.51. The lowest BCUT2D eigenvalue weighted by atomic mass is 9.81. The molecule has 2 aliphatic rings. The maximum Gasteiger partial charge on any atom is 0.243 e. The van der Waals surface area contributed by atoms with Crippen LogP contribution in [0.25, 0.3) is 0 Å². The summed E-state index contributed by atoms with van der Waals surface area (Å²) in [6.07, 6.45) is 0.486. The van der Waals surface area contributed by atoms with Crippen molar-refractivity contribution in [2.75, 3.05) is 25.0 Å². The first-order valence-electron chi connectivity index (χ1n) is 8.00. The summed E-state index contributed by atoms with van der Waals surface area (Å²) in [7, 11) is -1.92. The summed E-state index contributed by atoms with van der Waals surface area (Å²) in [4.78, 5) is 14.8. The van der Waals surface area contributed by atoms with Crippen molar-refractivity contribution in [2.45, 2.75) is 16.7 Å². The van der Waals surface area contributed by atoms with E-state index >= 15 is 0 Å². The molecule has 1 saturated heterocycles. The number of anilines is 1. The van der Waals surface area contributed by atoms with Gasteiger partial charge in [0, 0.05) is 30.8 Å². The molecule has 2 aliphatic heterocycles. The van der Waals surface area contributed by atoms with Gasteiger partial charge in [-0.2, -0.15) is 4.31 Å². The molecule has 1 spiro atoms. The molecule has 0 saturated carbocycles. The van der Waals surface area contributed by atoms with Crippen molar-refractivity contribution in [1.29, 1.82) is 0 Å². The fourth-order valence-corrected chi connectivity index (χ4v) is 5.47. The highest BCUT2D eigenvalue weighted by atomic mass is 35.5. The van der Waals surface area contributed by atoms with E-state index < -0.39 is 15.4 Å². The number of rotatable bonds is 2. The van der Waals surface area contributed by atoms with Crippen LogP contribution in [0.15, 0.2) is 53.4 Å². The van der Waals surface area contributed by atoms with Gasteiger partial charge in [-0.3, -0.25) is 4.79 Å². The third kappa shape index (κ3) is 2.32. The van der Waals surface area contributed by atoms with Crippen molar-refractivity contribution < 1.29 is 13.2 Å². The van der Waals surface area contributed by atoms with E-state index in [-0.39, 0.29) is 17.3 Å². The molecule has 25 heavy (non-hydrogen) atoms. The molecular weight excluding hydrogens is 360 g/mol. The zero-order chi connectivity index (χ0) is 17.8. The summed E-state index contributed by atoms with van der Waals surface area (Å²) < 4.78 is 27.3. The molecule has 1 fully saturated rings. The molecule has 0 aliphatic carbocycles. The minimum atomic E-state index is -3.66. The zero-order valence-electron chi connectivity index (χ0n) is 13.6. The van der Waals surface area contributed by atoms with Gasteiger partial charge in [-0.25, -0.2) is 8.42 Å². The fourth-order valence-electron chi connectivity index (χ4n) is 3.85. The first-order chi connectivity index (χ1) is 11.9. The number of hydrogen-bond acceptors (Lipinski definition) is 3. The lowest BCUT2D eigenvalue weighted by Crippen LogP contribution is -2.42. The Morgan fingerprint density at radius 3 is 2.48 bits per heavy atom. The topological polar surface area (TPSA) is 57.7 Å². The molecule has 0 bridgehead atoms. The number of hydrogen-bond donors (Lipinski definition) is 0. The molecule has 7 heteroatoms. The molecule has 0 aromatic heterocycles. The van der Waals surface area contributed by atoms with Crippen molar-refractivity contribution in [2.24, 2.45) is 0 Å². The predicted molar refractivity (Wildman–Crippen MR) is 96.4 cm³/mol. The van der Waals surface area contributed by atoms with Crippen molar-refractivity contribution >= 4 is 33.2 Å². The second kappa shape index (κ2) is 5.56. The monoisotopic (exact) mass is 376 g/mol. The molecule has 2 aromatic carbocycles. The number of carbonyl (C=O) groups is 1. The Kier molecular flexibility index (Phi) is 3.68. The van der Waals surface area contributed by atoms with Gasteiger partial charge in [0.25, 0.3) is 0 Å². The van der Waals surface area contributed by atoms with Crippen LogP contribution in [0.3, 0.4) is 0 Å². The molecule has 2 aromatic rings. The standard InChI is InChI=1S/C18H17ClN2O3S/c1-20-16-5-3-2-4-15(16)18(17(20)22)10-11-21(12-18)25(23,24)14-8-6-13(19)7-9-14/h2-9H,10-12H2,1H3. The van der Waals surface area contributed by atoms with Crippen molar-refractivity contribution in [3.63, 3.8) is 0 Å². The molecule has 130 valence electrons. The van der Waals surface area contributed by atoms with E-state index in [0.717, 1.165) is 11.3 Å². The minimum absolute atomic E-state index is 0.0393. The van der Waals surface area contributed by atoms with E-state index in [1.807, 2.05) is 24.3 Å². The predicted octanol–water partition coefficient (Wildman–Crippen LogP) is 2.65. The Morgan fingerprint density at radius 1 is 1.08 bits per heavy atom. The summed E-state index contributed by atoms with van der Waals surface area (Å²) in [5, 5.41) is 0.485. The first-order valence-corrected chi connectivity index (χ1v) is 9.81. The maximum atomic E-state index is 12.9. The van der Waals surface area contributed by atoms with Gasteiger partial charge >= 0.3 is 0 Å². The third-order valence-corrected chi connectivity index (χ3v) is 7.29. The third-order valence-electron chi connectivity index (χ3n) is 5.18. The van der Waals surface area contributed by atoms with E-state index in [9.17, 15) is 13.2 Å². The molecule has 0 radical (unpaired) electrons. The minimum Gasteiger partial charge on any atom is -0.314 e. The highest BCUT2D eigenvalue weighted by molar-refractivity contribution is 7.89. The quantitative estimate of drug-likeness (QED) is 0.809. The van der Waals surface area contributed by atoms with Gasteiger partial charge in [0.1, 0.15) is 0 Å².